The van der Waals surface area contributed by atoms with Gasteiger partial charge in [0, 0.05) is 31.1 Å². The van der Waals surface area contributed by atoms with E-state index in [1.54, 1.807) is 12.1 Å². The van der Waals surface area contributed by atoms with Crippen LogP contribution in [-0.4, -0.2) is 31.1 Å². The Kier molecular flexibility index (Phi) is 3.11. The molecule has 102 valence electrons. The molecule has 1 unspecified atom stereocenters. The average Bonchev–Trinajstić information content (AvgIpc) is 3.00. The van der Waals surface area contributed by atoms with Crippen LogP contribution in [0.4, 0.5) is 11.4 Å². The molecule has 2 heterocycles. The van der Waals surface area contributed by atoms with Crippen molar-refractivity contribution in [2.24, 2.45) is 5.41 Å². The van der Waals surface area contributed by atoms with Crippen molar-refractivity contribution in [1.82, 2.24) is 5.32 Å². The molecule has 1 atom stereocenters. The van der Waals surface area contributed by atoms with Crippen LogP contribution in [0.5, 0.6) is 0 Å². The Bertz CT molecular complexity index is 515. The molecular formula is C13H16ClN3O2. The number of nitro groups is 1. The molecule has 19 heavy (non-hydrogen) atoms. The summed E-state index contributed by atoms with van der Waals surface area (Å²) in [5.41, 5.74) is 0.959. The van der Waals surface area contributed by atoms with E-state index in [4.69, 9.17) is 11.6 Å². The molecule has 1 N–H and O–H groups in total. The molecule has 0 aliphatic carbocycles. The second-order valence-corrected chi connectivity index (χ2v) is 5.87. The van der Waals surface area contributed by atoms with Crippen LogP contribution in [0.2, 0.25) is 5.02 Å². The van der Waals surface area contributed by atoms with E-state index in [1.165, 1.54) is 6.07 Å². The van der Waals surface area contributed by atoms with Crippen LogP contribution in [0.25, 0.3) is 0 Å². The summed E-state index contributed by atoms with van der Waals surface area (Å²) in [5.74, 6) is 0. The standard InChI is InChI=1S/C13H16ClN3O2/c14-10-2-1-3-11(17(18)19)12(10)16-7-5-13(9-16)4-6-15-8-13/h1-3,15H,4-9H2. The molecule has 2 saturated heterocycles. The number of nitrogens with zero attached hydrogens (tertiary/aromatic N) is 2. The van der Waals surface area contributed by atoms with E-state index in [-0.39, 0.29) is 16.0 Å². The lowest BCUT2D eigenvalue weighted by Crippen LogP contribution is -2.29. The van der Waals surface area contributed by atoms with Crippen molar-refractivity contribution in [2.45, 2.75) is 12.8 Å². The fourth-order valence-corrected chi connectivity index (χ4v) is 3.52. The first kappa shape index (κ1) is 12.7. The van der Waals surface area contributed by atoms with Gasteiger partial charge >= 0.3 is 0 Å². The molecule has 2 fully saturated rings. The maximum Gasteiger partial charge on any atom is 0.294 e. The minimum Gasteiger partial charge on any atom is -0.364 e. The van der Waals surface area contributed by atoms with Gasteiger partial charge in [-0.25, -0.2) is 0 Å². The summed E-state index contributed by atoms with van der Waals surface area (Å²) in [5, 5.41) is 15.0. The van der Waals surface area contributed by atoms with E-state index in [9.17, 15) is 10.1 Å². The van der Waals surface area contributed by atoms with Gasteiger partial charge in [0.2, 0.25) is 0 Å². The lowest BCUT2D eigenvalue weighted by Gasteiger charge is -2.24. The quantitative estimate of drug-likeness (QED) is 0.668. The maximum atomic E-state index is 11.2. The largest absolute Gasteiger partial charge is 0.364 e. The van der Waals surface area contributed by atoms with Crippen molar-refractivity contribution >= 4 is 23.0 Å². The van der Waals surface area contributed by atoms with Crippen molar-refractivity contribution in [3.8, 4) is 0 Å². The molecule has 6 heteroatoms. The number of nitro benzene ring substituents is 1. The van der Waals surface area contributed by atoms with Crippen LogP contribution in [0.15, 0.2) is 18.2 Å². The highest BCUT2D eigenvalue weighted by Crippen LogP contribution is 2.43. The Morgan fingerprint density at radius 3 is 2.95 bits per heavy atom. The van der Waals surface area contributed by atoms with Crippen LogP contribution in [0.3, 0.4) is 0 Å². The molecule has 1 spiro atoms. The van der Waals surface area contributed by atoms with Gasteiger partial charge in [0.25, 0.3) is 5.69 Å². The summed E-state index contributed by atoms with van der Waals surface area (Å²) in [7, 11) is 0. The predicted octanol–water partition coefficient (Wildman–Crippen LogP) is 2.44. The first-order valence-electron chi connectivity index (χ1n) is 6.50. The Labute approximate surface area is 116 Å². The average molecular weight is 282 g/mol. The molecule has 0 saturated carbocycles. The predicted molar refractivity (Wildman–Crippen MR) is 74.9 cm³/mol. The topological polar surface area (TPSA) is 58.4 Å². The van der Waals surface area contributed by atoms with Crippen LogP contribution in [0.1, 0.15) is 12.8 Å². The van der Waals surface area contributed by atoms with Crippen molar-refractivity contribution in [3.05, 3.63) is 33.3 Å². The third kappa shape index (κ3) is 2.17. The highest BCUT2D eigenvalue weighted by molar-refractivity contribution is 6.33. The van der Waals surface area contributed by atoms with Crippen molar-refractivity contribution in [1.29, 1.82) is 0 Å². The molecule has 2 aliphatic rings. The molecule has 5 nitrogen and oxygen atoms in total. The van der Waals surface area contributed by atoms with Gasteiger partial charge in [0.05, 0.1) is 9.95 Å². The smallest absolute Gasteiger partial charge is 0.294 e. The second-order valence-electron chi connectivity index (χ2n) is 5.46. The van der Waals surface area contributed by atoms with E-state index >= 15 is 0 Å². The van der Waals surface area contributed by atoms with Gasteiger partial charge in [0.15, 0.2) is 0 Å². The van der Waals surface area contributed by atoms with E-state index in [0.29, 0.717) is 10.7 Å². The summed E-state index contributed by atoms with van der Waals surface area (Å²) in [6.45, 7) is 3.73. The number of rotatable bonds is 2. The summed E-state index contributed by atoms with van der Waals surface area (Å²) in [4.78, 5) is 12.9. The number of hydrogen-bond acceptors (Lipinski definition) is 4. The summed E-state index contributed by atoms with van der Waals surface area (Å²) in [6.07, 6.45) is 2.21. The van der Waals surface area contributed by atoms with Crippen LogP contribution in [0, 0.1) is 15.5 Å². The Balaban J connectivity index is 1.93. The number of para-hydroxylation sites is 1. The molecule has 2 aliphatic heterocycles. The molecule has 0 radical (unpaired) electrons. The molecule has 0 aromatic heterocycles. The zero-order valence-corrected chi connectivity index (χ0v) is 11.3. The summed E-state index contributed by atoms with van der Waals surface area (Å²) < 4.78 is 0. The van der Waals surface area contributed by atoms with Gasteiger partial charge in [-0.15, -0.1) is 0 Å². The van der Waals surface area contributed by atoms with Crippen molar-refractivity contribution in [3.63, 3.8) is 0 Å². The number of benzene rings is 1. The normalized spacial score (nSPS) is 26.3. The summed E-state index contributed by atoms with van der Waals surface area (Å²) in [6, 6.07) is 4.88. The van der Waals surface area contributed by atoms with Gasteiger partial charge in [-0.1, -0.05) is 17.7 Å². The van der Waals surface area contributed by atoms with Crippen molar-refractivity contribution < 1.29 is 4.92 Å². The number of anilines is 1. The van der Waals surface area contributed by atoms with Gasteiger partial charge < -0.3 is 10.2 Å². The highest BCUT2D eigenvalue weighted by atomic mass is 35.5. The molecular weight excluding hydrogens is 266 g/mol. The minimum absolute atomic E-state index is 0.107. The lowest BCUT2D eigenvalue weighted by atomic mass is 9.86. The minimum atomic E-state index is -0.348. The monoisotopic (exact) mass is 281 g/mol. The third-order valence-electron chi connectivity index (χ3n) is 4.25. The molecule has 3 rings (SSSR count). The SMILES string of the molecule is O=[N+]([O-])c1cccc(Cl)c1N1CCC2(CCNC2)C1. The van der Waals surface area contributed by atoms with Crippen molar-refractivity contribution in [2.75, 3.05) is 31.1 Å². The summed E-state index contributed by atoms with van der Waals surface area (Å²) >= 11 is 6.19. The Morgan fingerprint density at radius 1 is 1.42 bits per heavy atom. The number of halogens is 1. The second kappa shape index (κ2) is 4.65. The van der Waals surface area contributed by atoms with Gasteiger partial charge in [0.1, 0.15) is 5.69 Å². The van der Waals surface area contributed by atoms with Crippen LogP contribution in [-0.2, 0) is 0 Å². The molecule has 1 aromatic carbocycles. The zero-order valence-electron chi connectivity index (χ0n) is 10.6. The van der Waals surface area contributed by atoms with E-state index in [1.807, 2.05) is 0 Å². The maximum absolute atomic E-state index is 11.2. The van der Waals surface area contributed by atoms with E-state index in [2.05, 4.69) is 10.2 Å². The van der Waals surface area contributed by atoms with E-state index < -0.39 is 0 Å². The van der Waals surface area contributed by atoms with E-state index in [0.717, 1.165) is 39.0 Å². The fourth-order valence-electron chi connectivity index (χ4n) is 3.23. The van der Waals surface area contributed by atoms with Gasteiger partial charge in [-0.2, -0.15) is 0 Å². The Hall–Kier alpha value is -1.33. The van der Waals surface area contributed by atoms with Crippen LogP contribution < -0.4 is 10.2 Å². The highest BCUT2D eigenvalue weighted by Gasteiger charge is 2.42. The Morgan fingerprint density at radius 2 is 2.26 bits per heavy atom. The number of nitrogens with one attached hydrogen (secondary N) is 1. The fraction of sp³-hybridized carbons (Fsp3) is 0.538. The first-order chi connectivity index (χ1) is 9.11. The lowest BCUT2D eigenvalue weighted by molar-refractivity contribution is -0.384. The van der Waals surface area contributed by atoms with Gasteiger partial charge in [-0.05, 0) is 25.5 Å². The molecule has 0 amide bonds. The molecule has 1 aromatic rings. The number of hydrogen-bond donors (Lipinski definition) is 1. The third-order valence-corrected chi connectivity index (χ3v) is 4.55. The zero-order chi connectivity index (χ0) is 13.5. The first-order valence-corrected chi connectivity index (χ1v) is 6.88. The molecule has 0 bridgehead atoms. The van der Waals surface area contributed by atoms with Gasteiger partial charge in [-0.3, -0.25) is 10.1 Å². The van der Waals surface area contributed by atoms with Crippen LogP contribution >= 0.6 is 11.6 Å².